The van der Waals surface area contributed by atoms with Crippen molar-refractivity contribution < 1.29 is 9.59 Å². The molecule has 18 heavy (non-hydrogen) atoms. The molecule has 0 aromatic rings. The Kier molecular flexibility index (Phi) is 5.24. The molecule has 2 amide bonds. The van der Waals surface area contributed by atoms with E-state index in [2.05, 4.69) is 5.32 Å². The molecule has 2 unspecified atom stereocenters. The number of carbonyl (C=O) groups is 2. The van der Waals surface area contributed by atoms with Crippen molar-refractivity contribution in [2.45, 2.75) is 31.1 Å². The molecular weight excluding hydrogens is 268 g/mol. The zero-order valence-corrected chi connectivity index (χ0v) is 12.3. The van der Waals surface area contributed by atoms with Crippen LogP contribution < -0.4 is 5.32 Å². The highest BCUT2D eigenvalue weighted by molar-refractivity contribution is 8.06. The van der Waals surface area contributed by atoms with E-state index in [-0.39, 0.29) is 24.4 Å². The monoisotopic (exact) mass is 288 g/mol. The highest BCUT2D eigenvalue weighted by Gasteiger charge is 2.33. The molecule has 6 heteroatoms. The largest absolute Gasteiger partial charge is 0.343 e. The van der Waals surface area contributed by atoms with Gasteiger partial charge in [-0.25, -0.2) is 0 Å². The molecule has 0 radical (unpaired) electrons. The number of piperazine rings is 1. The Morgan fingerprint density at radius 1 is 1.39 bits per heavy atom. The first-order chi connectivity index (χ1) is 8.70. The summed E-state index contributed by atoms with van der Waals surface area (Å²) < 4.78 is 0. The van der Waals surface area contributed by atoms with E-state index >= 15 is 0 Å². The van der Waals surface area contributed by atoms with Crippen LogP contribution in [0.25, 0.3) is 0 Å². The standard InChI is InChI=1S/C12H20N2O2S2/c1-2-3-10-12(16)14(7-11(15)13-10)6-9-8-17-4-5-18-9/h9-10H,2-8H2,1H3,(H,13,15). The Labute approximate surface area is 117 Å². The number of thioether (sulfide) groups is 2. The van der Waals surface area contributed by atoms with Crippen LogP contribution in [0.15, 0.2) is 0 Å². The fraction of sp³-hybridized carbons (Fsp3) is 0.833. The molecule has 2 saturated heterocycles. The molecule has 2 atom stereocenters. The van der Waals surface area contributed by atoms with Crippen LogP contribution in [0, 0.1) is 0 Å². The predicted octanol–water partition coefficient (Wildman–Crippen LogP) is 0.962. The lowest BCUT2D eigenvalue weighted by Crippen LogP contribution is -2.59. The topological polar surface area (TPSA) is 49.4 Å². The Morgan fingerprint density at radius 3 is 2.89 bits per heavy atom. The zero-order valence-electron chi connectivity index (χ0n) is 10.7. The molecule has 2 rings (SSSR count). The average molecular weight is 288 g/mol. The highest BCUT2D eigenvalue weighted by atomic mass is 32.2. The van der Waals surface area contributed by atoms with E-state index in [9.17, 15) is 9.59 Å². The number of amides is 2. The van der Waals surface area contributed by atoms with Crippen molar-refractivity contribution in [2.75, 3.05) is 30.3 Å². The van der Waals surface area contributed by atoms with Crippen molar-refractivity contribution in [1.29, 1.82) is 0 Å². The highest BCUT2D eigenvalue weighted by Crippen LogP contribution is 2.25. The molecule has 0 aromatic heterocycles. The lowest BCUT2D eigenvalue weighted by Gasteiger charge is -2.35. The maximum absolute atomic E-state index is 12.2. The second-order valence-corrected chi connectivity index (χ2v) is 7.25. The molecule has 1 N–H and O–H groups in total. The van der Waals surface area contributed by atoms with Crippen LogP contribution in [0.3, 0.4) is 0 Å². The third-order valence-electron chi connectivity index (χ3n) is 3.17. The summed E-state index contributed by atoms with van der Waals surface area (Å²) in [6, 6.07) is -0.294. The van der Waals surface area contributed by atoms with Crippen molar-refractivity contribution in [1.82, 2.24) is 10.2 Å². The van der Waals surface area contributed by atoms with Crippen LogP contribution in [0.2, 0.25) is 0 Å². The molecule has 0 bridgehead atoms. The second kappa shape index (κ2) is 6.70. The van der Waals surface area contributed by atoms with Crippen LogP contribution in [0.5, 0.6) is 0 Å². The number of nitrogens with one attached hydrogen (secondary N) is 1. The molecule has 4 nitrogen and oxygen atoms in total. The van der Waals surface area contributed by atoms with E-state index in [0.717, 1.165) is 30.9 Å². The van der Waals surface area contributed by atoms with E-state index in [4.69, 9.17) is 0 Å². The predicted molar refractivity (Wildman–Crippen MR) is 77.0 cm³/mol. The molecule has 2 aliphatic rings. The quantitative estimate of drug-likeness (QED) is 0.837. The summed E-state index contributed by atoms with van der Waals surface area (Å²) in [4.78, 5) is 25.6. The van der Waals surface area contributed by atoms with Gasteiger partial charge in [-0.15, -0.1) is 0 Å². The van der Waals surface area contributed by atoms with Gasteiger partial charge in [0.2, 0.25) is 11.8 Å². The lowest BCUT2D eigenvalue weighted by atomic mass is 10.1. The summed E-state index contributed by atoms with van der Waals surface area (Å²) in [6.45, 7) is 3.00. The summed E-state index contributed by atoms with van der Waals surface area (Å²) in [5.74, 6) is 3.54. The van der Waals surface area contributed by atoms with Gasteiger partial charge in [-0.2, -0.15) is 23.5 Å². The van der Waals surface area contributed by atoms with Gasteiger partial charge in [0.05, 0.1) is 6.54 Å². The number of hydrogen-bond acceptors (Lipinski definition) is 4. The molecule has 0 aliphatic carbocycles. The molecule has 102 valence electrons. The van der Waals surface area contributed by atoms with E-state index < -0.39 is 0 Å². The van der Waals surface area contributed by atoms with E-state index in [0.29, 0.717) is 5.25 Å². The van der Waals surface area contributed by atoms with E-state index in [1.807, 2.05) is 30.4 Å². The molecule has 0 aromatic carbocycles. The summed E-state index contributed by atoms with van der Waals surface area (Å²) in [6.07, 6.45) is 1.66. The van der Waals surface area contributed by atoms with Gasteiger partial charge < -0.3 is 10.2 Å². The summed E-state index contributed by atoms with van der Waals surface area (Å²) in [7, 11) is 0. The van der Waals surface area contributed by atoms with Crippen molar-refractivity contribution >= 4 is 35.3 Å². The number of hydrogen-bond donors (Lipinski definition) is 1. The van der Waals surface area contributed by atoms with Crippen molar-refractivity contribution in [3.05, 3.63) is 0 Å². The normalized spacial score (nSPS) is 29.3. The van der Waals surface area contributed by atoms with Crippen LogP contribution >= 0.6 is 23.5 Å². The van der Waals surface area contributed by atoms with Crippen LogP contribution in [0.1, 0.15) is 19.8 Å². The number of nitrogens with zero attached hydrogens (tertiary/aromatic N) is 1. The van der Waals surface area contributed by atoms with Gasteiger partial charge in [0.15, 0.2) is 0 Å². The van der Waals surface area contributed by atoms with Crippen LogP contribution in [-0.4, -0.2) is 58.4 Å². The number of rotatable bonds is 4. The van der Waals surface area contributed by atoms with Gasteiger partial charge in [0.25, 0.3) is 0 Å². The smallest absolute Gasteiger partial charge is 0.245 e. The van der Waals surface area contributed by atoms with Gasteiger partial charge in [-0.3, -0.25) is 9.59 Å². The zero-order chi connectivity index (χ0) is 13.0. The molecule has 2 aliphatic heterocycles. The van der Waals surface area contributed by atoms with Crippen molar-refractivity contribution in [3.8, 4) is 0 Å². The maximum atomic E-state index is 12.2. The first kappa shape index (κ1) is 14.1. The average Bonchev–Trinajstić information content (AvgIpc) is 2.36. The number of carbonyl (C=O) groups excluding carboxylic acids is 2. The molecular formula is C12H20N2O2S2. The minimum atomic E-state index is -0.294. The van der Waals surface area contributed by atoms with Crippen molar-refractivity contribution in [2.24, 2.45) is 0 Å². The Balaban J connectivity index is 1.92. The molecule has 0 spiro atoms. The third kappa shape index (κ3) is 3.57. The first-order valence-electron chi connectivity index (χ1n) is 6.48. The maximum Gasteiger partial charge on any atom is 0.245 e. The lowest BCUT2D eigenvalue weighted by molar-refractivity contribution is -0.144. The van der Waals surface area contributed by atoms with Crippen LogP contribution in [-0.2, 0) is 9.59 Å². The Hall–Kier alpha value is -0.360. The molecule has 0 saturated carbocycles. The van der Waals surface area contributed by atoms with E-state index in [1.54, 1.807) is 4.90 Å². The molecule has 2 heterocycles. The van der Waals surface area contributed by atoms with Crippen LogP contribution in [0.4, 0.5) is 0 Å². The van der Waals surface area contributed by atoms with Gasteiger partial charge >= 0.3 is 0 Å². The van der Waals surface area contributed by atoms with Gasteiger partial charge in [-0.1, -0.05) is 13.3 Å². The Bertz CT molecular complexity index is 319. The summed E-state index contributed by atoms with van der Waals surface area (Å²) in [5, 5.41) is 3.28. The first-order valence-corrected chi connectivity index (χ1v) is 8.68. The SMILES string of the molecule is CCCC1NC(=O)CN(CC2CSCCS2)C1=O. The third-order valence-corrected chi connectivity index (χ3v) is 5.99. The van der Waals surface area contributed by atoms with E-state index in [1.165, 1.54) is 5.75 Å². The fourth-order valence-corrected chi connectivity index (χ4v) is 4.98. The van der Waals surface area contributed by atoms with Crippen molar-refractivity contribution in [3.63, 3.8) is 0 Å². The second-order valence-electron chi connectivity index (χ2n) is 4.70. The Morgan fingerprint density at radius 2 is 2.22 bits per heavy atom. The summed E-state index contributed by atoms with van der Waals surface area (Å²) in [5.41, 5.74) is 0. The minimum absolute atomic E-state index is 0.0125. The van der Waals surface area contributed by atoms with Gasteiger partial charge in [-0.05, 0) is 6.42 Å². The minimum Gasteiger partial charge on any atom is -0.343 e. The van der Waals surface area contributed by atoms with Gasteiger partial charge in [0, 0.05) is 29.1 Å². The summed E-state index contributed by atoms with van der Waals surface area (Å²) >= 11 is 3.87. The fourth-order valence-electron chi connectivity index (χ4n) is 2.30. The van der Waals surface area contributed by atoms with Gasteiger partial charge in [0.1, 0.15) is 6.04 Å². The molecule has 2 fully saturated rings.